The fraction of sp³-hybridized carbons (Fsp3) is 0. The second kappa shape index (κ2) is 5.88. The van der Waals surface area contributed by atoms with Gasteiger partial charge in [-0.1, -0.05) is 29.8 Å². The molecule has 2 aromatic rings. The Morgan fingerprint density at radius 3 is 2.18 bits per heavy atom. The SMILES string of the molecule is NS(=O)(=O)c1cc(C(=O)c2ccccc2C(=O)O)ccc1Cl. The van der Waals surface area contributed by atoms with Gasteiger partial charge in [0.05, 0.1) is 10.6 Å². The largest absolute Gasteiger partial charge is 0.478 e. The van der Waals surface area contributed by atoms with Crippen molar-refractivity contribution in [1.82, 2.24) is 0 Å². The highest BCUT2D eigenvalue weighted by Gasteiger charge is 2.20. The number of carboxylic acids is 1. The third-order valence-electron chi connectivity index (χ3n) is 2.90. The smallest absolute Gasteiger partial charge is 0.336 e. The zero-order valence-electron chi connectivity index (χ0n) is 11.0. The first-order valence-corrected chi connectivity index (χ1v) is 7.83. The molecule has 0 aliphatic rings. The molecule has 0 atom stereocenters. The molecule has 0 aliphatic heterocycles. The monoisotopic (exact) mass is 339 g/mol. The average Bonchev–Trinajstić information content (AvgIpc) is 2.45. The Labute approximate surface area is 131 Å². The number of aromatic carboxylic acids is 1. The van der Waals surface area contributed by atoms with E-state index in [9.17, 15) is 18.0 Å². The van der Waals surface area contributed by atoms with Crippen molar-refractivity contribution >= 4 is 33.4 Å². The standard InChI is InChI=1S/C14H10ClNO5S/c15-11-6-5-8(7-12(11)22(16,20)21)13(17)9-3-1-2-4-10(9)14(18)19/h1-7H,(H,18,19)(H2,16,20,21). The first-order valence-electron chi connectivity index (χ1n) is 5.91. The summed E-state index contributed by atoms with van der Waals surface area (Å²) >= 11 is 5.75. The van der Waals surface area contributed by atoms with Crippen LogP contribution in [-0.4, -0.2) is 25.3 Å². The Kier molecular flexibility index (Phi) is 4.32. The topological polar surface area (TPSA) is 115 Å². The van der Waals surface area contributed by atoms with Crippen molar-refractivity contribution in [3.05, 3.63) is 64.2 Å². The fourth-order valence-corrected chi connectivity index (χ4v) is 2.96. The number of ketones is 1. The van der Waals surface area contributed by atoms with Crippen LogP contribution in [0.15, 0.2) is 47.4 Å². The zero-order valence-corrected chi connectivity index (χ0v) is 12.6. The summed E-state index contributed by atoms with van der Waals surface area (Å²) in [6.07, 6.45) is 0. The van der Waals surface area contributed by atoms with Gasteiger partial charge in [-0.05, 0) is 24.3 Å². The van der Waals surface area contributed by atoms with Gasteiger partial charge in [0, 0.05) is 11.1 Å². The van der Waals surface area contributed by atoms with Crippen LogP contribution < -0.4 is 5.14 Å². The molecule has 0 saturated carbocycles. The minimum Gasteiger partial charge on any atom is -0.478 e. The molecule has 0 bridgehead atoms. The molecule has 0 amide bonds. The molecular formula is C14H10ClNO5S. The number of halogens is 1. The van der Waals surface area contributed by atoms with Crippen molar-refractivity contribution in [2.75, 3.05) is 0 Å². The third-order valence-corrected chi connectivity index (χ3v) is 4.29. The molecule has 0 aliphatic carbocycles. The van der Waals surface area contributed by atoms with Crippen LogP contribution in [0.3, 0.4) is 0 Å². The van der Waals surface area contributed by atoms with Crippen LogP contribution in [0, 0.1) is 0 Å². The Hall–Kier alpha value is -2.22. The van der Waals surface area contributed by atoms with E-state index in [4.69, 9.17) is 21.8 Å². The van der Waals surface area contributed by atoms with Gasteiger partial charge in [-0.15, -0.1) is 0 Å². The van der Waals surface area contributed by atoms with Gasteiger partial charge in [-0.3, -0.25) is 4.79 Å². The van der Waals surface area contributed by atoms with Gasteiger partial charge in [0.25, 0.3) is 0 Å². The molecule has 0 saturated heterocycles. The van der Waals surface area contributed by atoms with E-state index in [1.54, 1.807) is 0 Å². The number of hydrogen-bond acceptors (Lipinski definition) is 4. The number of hydrogen-bond donors (Lipinski definition) is 2. The highest BCUT2D eigenvalue weighted by molar-refractivity contribution is 7.89. The summed E-state index contributed by atoms with van der Waals surface area (Å²) in [5, 5.41) is 14.0. The summed E-state index contributed by atoms with van der Waals surface area (Å²) < 4.78 is 22.9. The van der Waals surface area contributed by atoms with Crippen molar-refractivity contribution in [2.45, 2.75) is 4.90 Å². The number of rotatable bonds is 4. The lowest BCUT2D eigenvalue weighted by Gasteiger charge is -2.07. The molecule has 0 spiro atoms. The predicted octanol–water partition coefficient (Wildman–Crippen LogP) is 1.92. The third kappa shape index (κ3) is 3.16. The summed E-state index contributed by atoms with van der Waals surface area (Å²) in [4.78, 5) is 23.2. The molecule has 114 valence electrons. The number of carboxylic acid groups (broad SMARTS) is 1. The van der Waals surface area contributed by atoms with Crippen molar-refractivity contribution < 1.29 is 23.1 Å². The number of sulfonamides is 1. The van der Waals surface area contributed by atoms with Crippen LogP contribution in [0.25, 0.3) is 0 Å². The van der Waals surface area contributed by atoms with Crippen LogP contribution in [0.5, 0.6) is 0 Å². The summed E-state index contributed by atoms with van der Waals surface area (Å²) in [5.41, 5.74) is -0.264. The second-order valence-electron chi connectivity index (χ2n) is 4.37. The molecule has 2 aromatic carbocycles. The molecule has 6 nitrogen and oxygen atoms in total. The summed E-state index contributed by atoms with van der Waals surface area (Å²) in [6, 6.07) is 9.17. The van der Waals surface area contributed by atoms with E-state index < -0.39 is 26.7 Å². The molecule has 0 aromatic heterocycles. The molecular weight excluding hydrogens is 330 g/mol. The number of carbonyl (C=O) groups is 2. The summed E-state index contributed by atoms with van der Waals surface area (Å²) in [7, 11) is -4.10. The molecule has 0 heterocycles. The quantitative estimate of drug-likeness (QED) is 0.826. The lowest BCUT2D eigenvalue weighted by molar-refractivity contribution is 0.0692. The number of carbonyl (C=O) groups excluding carboxylic acids is 1. The minimum atomic E-state index is -4.10. The molecule has 3 N–H and O–H groups in total. The molecule has 22 heavy (non-hydrogen) atoms. The summed E-state index contributed by atoms with van der Waals surface area (Å²) in [5.74, 6) is -1.90. The normalized spacial score (nSPS) is 11.2. The van der Waals surface area contributed by atoms with E-state index in [0.717, 1.165) is 6.07 Å². The molecule has 2 rings (SSSR count). The van der Waals surface area contributed by atoms with Gasteiger partial charge in [-0.2, -0.15) is 0 Å². The molecule has 0 fully saturated rings. The van der Waals surface area contributed by atoms with Gasteiger partial charge < -0.3 is 5.11 Å². The number of primary sulfonamides is 1. The first kappa shape index (κ1) is 16.2. The van der Waals surface area contributed by atoms with E-state index in [-0.39, 0.29) is 21.7 Å². The van der Waals surface area contributed by atoms with Crippen LogP contribution in [0.4, 0.5) is 0 Å². The van der Waals surface area contributed by atoms with Crippen LogP contribution in [0.1, 0.15) is 26.3 Å². The lowest BCUT2D eigenvalue weighted by Crippen LogP contribution is -2.15. The van der Waals surface area contributed by atoms with Crippen LogP contribution in [0.2, 0.25) is 5.02 Å². The van der Waals surface area contributed by atoms with E-state index in [0.29, 0.717) is 0 Å². The maximum absolute atomic E-state index is 12.4. The Bertz CT molecular complexity index is 877. The van der Waals surface area contributed by atoms with E-state index in [1.807, 2.05) is 0 Å². The van der Waals surface area contributed by atoms with Gasteiger partial charge in [0.2, 0.25) is 10.0 Å². The lowest BCUT2D eigenvalue weighted by atomic mass is 9.98. The minimum absolute atomic E-state index is 0.0258. The maximum Gasteiger partial charge on any atom is 0.336 e. The zero-order chi connectivity index (χ0) is 16.5. The summed E-state index contributed by atoms with van der Waals surface area (Å²) in [6.45, 7) is 0. The highest BCUT2D eigenvalue weighted by Crippen LogP contribution is 2.23. The Morgan fingerprint density at radius 1 is 1.05 bits per heavy atom. The van der Waals surface area contributed by atoms with E-state index >= 15 is 0 Å². The first-order chi connectivity index (χ1) is 10.2. The Morgan fingerprint density at radius 2 is 1.64 bits per heavy atom. The van der Waals surface area contributed by atoms with Crippen LogP contribution >= 0.6 is 11.6 Å². The van der Waals surface area contributed by atoms with Gasteiger partial charge in [-0.25, -0.2) is 18.4 Å². The van der Waals surface area contributed by atoms with E-state index in [1.165, 1.54) is 36.4 Å². The number of nitrogens with two attached hydrogens (primary N) is 1. The molecule has 0 radical (unpaired) electrons. The highest BCUT2D eigenvalue weighted by atomic mass is 35.5. The van der Waals surface area contributed by atoms with Crippen LogP contribution in [-0.2, 0) is 10.0 Å². The van der Waals surface area contributed by atoms with Gasteiger partial charge in [0.15, 0.2) is 5.78 Å². The predicted molar refractivity (Wildman–Crippen MR) is 79.7 cm³/mol. The van der Waals surface area contributed by atoms with Gasteiger partial charge >= 0.3 is 5.97 Å². The van der Waals surface area contributed by atoms with Crippen molar-refractivity contribution in [3.8, 4) is 0 Å². The second-order valence-corrected chi connectivity index (χ2v) is 6.31. The fourth-order valence-electron chi connectivity index (χ4n) is 1.89. The van der Waals surface area contributed by atoms with Gasteiger partial charge in [0.1, 0.15) is 4.90 Å². The van der Waals surface area contributed by atoms with Crippen molar-refractivity contribution in [1.29, 1.82) is 0 Å². The molecule has 8 heteroatoms. The maximum atomic E-state index is 12.4. The average molecular weight is 340 g/mol. The number of benzene rings is 2. The molecule has 0 unspecified atom stereocenters. The Balaban J connectivity index is 2.59. The van der Waals surface area contributed by atoms with E-state index in [2.05, 4.69) is 0 Å². The van der Waals surface area contributed by atoms with Crippen molar-refractivity contribution in [2.24, 2.45) is 5.14 Å². The van der Waals surface area contributed by atoms with Crippen molar-refractivity contribution in [3.63, 3.8) is 0 Å².